The highest BCUT2D eigenvalue weighted by Crippen LogP contribution is 2.19. The van der Waals surface area contributed by atoms with Crippen molar-refractivity contribution in [2.45, 2.75) is 6.92 Å². The van der Waals surface area contributed by atoms with Crippen LogP contribution in [0.15, 0.2) is 18.2 Å². The summed E-state index contributed by atoms with van der Waals surface area (Å²) in [5.41, 5.74) is 6.59. The van der Waals surface area contributed by atoms with E-state index in [4.69, 9.17) is 17.3 Å². The number of halogens is 1. The van der Waals surface area contributed by atoms with Crippen LogP contribution in [0.5, 0.6) is 0 Å². The van der Waals surface area contributed by atoms with Gasteiger partial charge in [0.1, 0.15) is 0 Å². The highest BCUT2D eigenvalue weighted by molar-refractivity contribution is 6.33. The summed E-state index contributed by atoms with van der Waals surface area (Å²) in [7, 11) is 2.01. The number of benzene rings is 1. The molecular weight excluding hydrogens is 238 g/mol. The van der Waals surface area contributed by atoms with Crippen molar-refractivity contribution in [1.29, 1.82) is 0 Å². The molecule has 0 aliphatic rings. The van der Waals surface area contributed by atoms with E-state index in [-0.39, 0.29) is 5.91 Å². The second-order valence-electron chi connectivity index (χ2n) is 3.89. The maximum Gasteiger partial charge on any atom is 0.251 e. The quantitative estimate of drug-likeness (QED) is 0.786. The highest BCUT2D eigenvalue weighted by Gasteiger charge is 2.07. The smallest absolute Gasteiger partial charge is 0.251 e. The molecule has 0 atom stereocenters. The molecule has 3 N–H and O–H groups in total. The maximum absolute atomic E-state index is 11.7. The summed E-state index contributed by atoms with van der Waals surface area (Å²) in [4.78, 5) is 13.9. The number of carbonyl (C=O) groups is 1. The average molecular weight is 256 g/mol. The minimum absolute atomic E-state index is 0.128. The number of rotatable bonds is 5. The van der Waals surface area contributed by atoms with Crippen LogP contribution in [0.3, 0.4) is 0 Å². The average Bonchev–Trinajstić information content (AvgIpc) is 2.32. The number of carbonyl (C=O) groups excluding carboxylic acids is 1. The molecule has 0 bridgehead atoms. The summed E-state index contributed by atoms with van der Waals surface area (Å²) in [6, 6.07) is 4.88. The lowest BCUT2D eigenvalue weighted by Gasteiger charge is -2.14. The van der Waals surface area contributed by atoms with E-state index in [0.717, 1.165) is 13.1 Å². The van der Waals surface area contributed by atoms with E-state index < -0.39 is 0 Å². The largest absolute Gasteiger partial charge is 0.398 e. The Bertz CT molecular complexity index is 395. The van der Waals surface area contributed by atoms with Crippen LogP contribution in [-0.4, -0.2) is 37.5 Å². The first-order valence-electron chi connectivity index (χ1n) is 5.56. The highest BCUT2D eigenvalue weighted by atomic mass is 35.5. The predicted molar refractivity (Wildman–Crippen MR) is 71.4 cm³/mol. The molecular formula is C12H18ClN3O. The van der Waals surface area contributed by atoms with E-state index >= 15 is 0 Å². The maximum atomic E-state index is 11.7. The Kier molecular flexibility index (Phi) is 5.25. The Hall–Kier alpha value is -1.26. The van der Waals surface area contributed by atoms with E-state index in [1.54, 1.807) is 18.2 Å². The number of nitrogens with two attached hydrogens (primary N) is 1. The molecule has 1 aromatic rings. The number of nitrogens with zero attached hydrogens (tertiary/aromatic N) is 1. The van der Waals surface area contributed by atoms with Gasteiger partial charge < -0.3 is 16.0 Å². The van der Waals surface area contributed by atoms with Crippen molar-refractivity contribution in [3.8, 4) is 0 Å². The monoisotopic (exact) mass is 255 g/mol. The van der Waals surface area contributed by atoms with E-state index in [2.05, 4.69) is 17.1 Å². The van der Waals surface area contributed by atoms with Crippen LogP contribution in [0.4, 0.5) is 5.69 Å². The number of likely N-dealkylation sites (N-methyl/N-ethyl adjacent to an activating group) is 1. The van der Waals surface area contributed by atoms with E-state index in [1.807, 2.05) is 7.05 Å². The van der Waals surface area contributed by atoms with Gasteiger partial charge in [0.15, 0.2) is 0 Å². The first kappa shape index (κ1) is 13.8. The third kappa shape index (κ3) is 4.24. The molecule has 0 aliphatic carbocycles. The number of anilines is 1. The molecule has 5 heteroatoms. The molecule has 0 aromatic heterocycles. The van der Waals surface area contributed by atoms with Crippen LogP contribution in [-0.2, 0) is 0 Å². The van der Waals surface area contributed by atoms with Crippen LogP contribution in [0, 0.1) is 0 Å². The lowest BCUT2D eigenvalue weighted by Crippen LogP contribution is -2.32. The Labute approximate surface area is 107 Å². The van der Waals surface area contributed by atoms with Crippen LogP contribution in [0.2, 0.25) is 5.02 Å². The van der Waals surface area contributed by atoms with E-state index in [9.17, 15) is 4.79 Å². The molecule has 0 saturated carbocycles. The fraction of sp³-hybridized carbons (Fsp3) is 0.417. The van der Waals surface area contributed by atoms with Crippen molar-refractivity contribution in [3.05, 3.63) is 28.8 Å². The summed E-state index contributed by atoms with van der Waals surface area (Å²) < 4.78 is 0. The Morgan fingerprint density at radius 3 is 2.82 bits per heavy atom. The van der Waals surface area contributed by atoms with Crippen LogP contribution in [0.25, 0.3) is 0 Å². The Balaban J connectivity index is 2.50. The van der Waals surface area contributed by atoms with Crippen molar-refractivity contribution in [2.75, 3.05) is 32.4 Å². The number of nitrogens with one attached hydrogen (secondary N) is 1. The zero-order valence-electron chi connectivity index (χ0n) is 10.2. The third-order valence-corrected chi connectivity index (χ3v) is 2.91. The van der Waals surface area contributed by atoms with E-state index in [0.29, 0.717) is 22.8 Å². The second kappa shape index (κ2) is 6.47. The molecule has 0 unspecified atom stereocenters. The molecule has 0 saturated heterocycles. The van der Waals surface area contributed by atoms with Gasteiger partial charge in [-0.1, -0.05) is 18.5 Å². The fourth-order valence-electron chi connectivity index (χ4n) is 1.29. The first-order chi connectivity index (χ1) is 8.04. The van der Waals surface area contributed by atoms with Gasteiger partial charge in [0.25, 0.3) is 5.91 Å². The van der Waals surface area contributed by atoms with Crippen molar-refractivity contribution in [2.24, 2.45) is 0 Å². The summed E-state index contributed by atoms with van der Waals surface area (Å²) in [6.07, 6.45) is 0. The van der Waals surface area contributed by atoms with Crippen LogP contribution in [0.1, 0.15) is 17.3 Å². The summed E-state index contributed by atoms with van der Waals surface area (Å²) in [6.45, 7) is 4.47. The van der Waals surface area contributed by atoms with E-state index in [1.165, 1.54) is 0 Å². The molecule has 0 radical (unpaired) electrons. The summed E-state index contributed by atoms with van der Waals surface area (Å²) in [5.74, 6) is -0.128. The third-order valence-electron chi connectivity index (χ3n) is 2.58. The molecule has 0 heterocycles. The molecule has 17 heavy (non-hydrogen) atoms. The number of hydrogen-bond acceptors (Lipinski definition) is 3. The van der Waals surface area contributed by atoms with Crippen molar-refractivity contribution in [3.63, 3.8) is 0 Å². The van der Waals surface area contributed by atoms with Crippen molar-refractivity contribution >= 4 is 23.2 Å². The molecule has 1 rings (SSSR count). The van der Waals surface area contributed by atoms with Gasteiger partial charge in [-0.2, -0.15) is 0 Å². The van der Waals surface area contributed by atoms with Crippen molar-refractivity contribution < 1.29 is 4.79 Å². The number of nitrogen functional groups attached to an aromatic ring is 1. The minimum atomic E-state index is -0.128. The van der Waals surface area contributed by atoms with Gasteiger partial charge in [-0.25, -0.2) is 0 Å². The van der Waals surface area contributed by atoms with Gasteiger partial charge in [0.05, 0.1) is 10.7 Å². The van der Waals surface area contributed by atoms with Crippen LogP contribution >= 0.6 is 11.6 Å². The Morgan fingerprint density at radius 1 is 1.53 bits per heavy atom. The van der Waals surface area contributed by atoms with Gasteiger partial charge in [0, 0.05) is 18.7 Å². The Morgan fingerprint density at radius 2 is 2.24 bits per heavy atom. The standard InChI is InChI=1S/C12H18ClN3O/c1-3-16(2)7-6-15-12(17)9-4-5-11(14)10(13)8-9/h4-5,8H,3,6-7,14H2,1-2H3,(H,15,17). The van der Waals surface area contributed by atoms with Gasteiger partial charge >= 0.3 is 0 Å². The molecule has 4 nitrogen and oxygen atoms in total. The topological polar surface area (TPSA) is 58.4 Å². The minimum Gasteiger partial charge on any atom is -0.398 e. The normalized spacial score (nSPS) is 10.6. The molecule has 1 aromatic carbocycles. The number of amides is 1. The first-order valence-corrected chi connectivity index (χ1v) is 5.94. The summed E-state index contributed by atoms with van der Waals surface area (Å²) >= 11 is 5.85. The fourth-order valence-corrected chi connectivity index (χ4v) is 1.47. The SMILES string of the molecule is CCN(C)CCNC(=O)c1ccc(N)c(Cl)c1. The predicted octanol–water partition coefficient (Wildman–Crippen LogP) is 1.60. The zero-order valence-corrected chi connectivity index (χ0v) is 10.9. The molecule has 0 aliphatic heterocycles. The molecule has 0 fully saturated rings. The van der Waals surface area contributed by atoms with Crippen LogP contribution < -0.4 is 11.1 Å². The molecule has 1 amide bonds. The zero-order chi connectivity index (χ0) is 12.8. The molecule has 94 valence electrons. The second-order valence-corrected chi connectivity index (χ2v) is 4.30. The van der Waals surface area contributed by atoms with Gasteiger partial charge in [-0.05, 0) is 31.8 Å². The van der Waals surface area contributed by atoms with Crippen molar-refractivity contribution in [1.82, 2.24) is 10.2 Å². The number of hydrogen-bond donors (Lipinski definition) is 2. The lowest BCUT2D eigenvalue weighted by molar-refractivity contribution is 0.0950. The van der Waals surface area contributed by atoms with Gasteiger partial charge in [-0.15, -0.1) is 0 Å². The summed E-state index contributed by atoms with van der Waals surface area (Å²) in [5, 5.41) is 3.24. The van der Waals surface area contributed by atoms with Gasteiger partial charge in [-0.3, -0.25) is 4.79 Å². The lowest BCUT2D eigenvalue weighted by atomic mass is 10.2. The van der Waals surface area contributed by atoms with Gasteiger partial charge in [0.2, 0.25) is 0 Å². The molecule has 0 spiro atoms.